The summed E-state index contributed by atoms with van der Waals surface area (Å²) in [6, 6.07) is 6.95. The van der Waals surface area contributed by atoms with E-state index in [2.05, 4.69) is 5.32 Å². The van der Waals surface area contributed by atoms with Crippen molar-refractivity contribution in [2.24, 2.45) is 0 Å². The smallest absolute Gasteiger partial charge is 0.381 e. The molecule has 0 unspecified atom stereocenters. The Balaban J connectivity index is 2.21. The Bertz CT molecular complexity index is 413. The lowest BCUT2D eigenvalue weighted by Crippen LogP contribution is -2.49. The molecule has 0 aliphatic carbocycles. The molecule has 2 nitrogen and oxygen atoms in total. The van der Waals surface area contributed by atoms with E-state index in [0.29, 0.717) is 31.1 Å². The van der Waals surface area contributed by atoms with E-state index in [0.717, 1.165) is 5.56 Å². The molecule has 0 bridgehead atoms. The standard InChI is InChI=1S/C13H15ClF3NO/c14-11-3-1-10(2-4-11)12(5-7-19-8-6-12)18-9-13(15,16)17/h1-4,18H,5-9H2. The first-order valence-corrected chi connectivity index (χ1v) is 6.45. The molecular formula is C13H15ClF3NO. The van der Waals surface area contributed by atoms with E-state index in [1.807, 2.05) is 0 Å². The van der Waals surface area contributed by atoms with Crippen molar-refractivity contribution in [2.45, 2.75) is 24.6 Å². The minimum absolute atomic E-state index is 0.452. The predicted octanol–water partition coefficient (Wildman–Crippen LogP) is 3.50. The minimum atomic E-state index is -4.22. The van der Waals surface area contributed by atoms with Gasteiger partial charge in [-0.1, -0.05) is 23.7 Å². The third kappa shape index (κ3) is 3.84. The lowest BCUT2D eigenvalue weighted by molar-refractivity contribution is -0.132. The molecule has 1 aromatic rings. The quantitative estimate of drug-likeness (QED) is 0.921. The van der Waals surface area contributed by atoms with E-state index in [1.54, 1.807) is 24.3 Å². The molecule has 0 amide bonds. The molecule has 1 heterocycles. The fraction of sp³-hybridized carbons (Fsp3) is 0.538. The van der Waals surface area contributed by atoms with E-state index < -0.39 is 18.3 Å². The summed E-state index contributed by atoms with van der Waals surface area (Å²) in [6.07, 6.45) is -3.19. The molecule has 1 aromatic carbocycles. The van der Waals surface area contributed by atoms with Crippen molar-refractivity contribution in [1.82, 2.24) is 5.32 Å². The number of benzene rings is 1. The van der Waals surface area contributed by atoms with Crippen LogP contribution in [0.1, 0.15) is 18.4 Å². The average Bonchev–Trinajstić information content (AvgIpc) is 2.37. The van der Waals surface area contributed by atoms with Gasteiger partial charge in [0.05, 0.1) is 6.54 Å². The third-order valence-electron chi connectivity index (χ3n) is 3.37. The van der Waals surface area contributed by atoms with Crippen molar-refractivity contribution in [3.8, 4) is 0 Å². The molecule has 1 N–H and O–H groups in total. The largest absolute Gasteiger partial charge is 0.401 e. The SMILES string of the molecule is FC(F)(F)CNC1(c2ccc(Cl)cc2)CCOCC1. The van der Waals surface area contributed by atoms with Crippen molar-refractivity contribution in [3.63, 3.8) is 0 Å². The summed E-state index contributed by atoms with van der Waals surface area (Å²) >= 11 is 5.82. The van der Waals surface area contributed by atoms with Crippen LogP contribution in [0.2, 0.25) is 5.02 Å². The van der Waals surface area contributed by atoms with E-state index in [4.69, 9.17) is 16.3 Å². The maximum Gasteiger partial charge on any atom is 0.401 e. The van der Waals surface area contributed by atoms with Gasteiger partial charge in [-0.15, -0.1) is 0 Å². The summed E-state index contributed by atoms with van der Waals surface area (Å²) in [5.41, 5.74) is 0.141. The number of alkyl halides is 3. The zero-order valence-electron chi connectivity index (χ0n) is 10.3. The van der Waals surface area contributed by atoms with Gasteiger partial charge >= 0.3 is 6.18 Å². The Labute approximate surface area is 114 Å². The zero-order valence-corrected chi connectivity index (χ0v) is 11.0. The number of ether oxygens (including phenoxy) is 1. The van der Waals surface area contributed by atoms with Gasteiger partial charge in [-0.25, -0.2) is 0 Å². The number of rotatable bonds is 3. The molecule has 1 saturated heterocycles. The Morgan fingerprint density at radius 3 is 2.26 bits per heavy atom. The summed E-state index contributed by atoms with van der Waals surface area (Å²) in [4.78, 5) is 0. The molecule has 106 valence electrons. The molecule has 0 aromatic heterocycles. The molecule has 0 spiro atoms. The van der Waals surface area contributed by atoms with Gasteiger partial charge in [0.15, 0.2) is 0 Å². The molecule has 1 aliphatic heterocycles. The van der Waals surface area contributed by atoms with Gasteiger partial charge in [-0.3, -0.25) is 5.32 Å². The van der Waals surface area contributed by atoms with Crippen LogP contribution >= 0.6 is 11.6 Å². The molecule has 2 rings (SSSR count). The monoisotopic (exact) mass is 293 g/mol. The summed E-state index contributed by atoms with van der Waals surface area (Å²) < 4.78 is 42.6. The van der Waals surface area contributed by atoms with E-state index >= 15 is 0 Å². The van der Waals surface area contributed by atoms with Crippen molar-refractivity contribution in [3.05, 3.63) is 34.9 Å². The molecule has 0 radical (unpaired) electrons. The van der Waals surface area contributed by atoms with Crippen LogP contribution in [0, 0.1) is 0 Å². The molecule has 6 heteroatoms. The highest BCUT2D eigenvalue weighted by Gasteiger charge is 2.38. The summed E-state index contributed by atoms with van der Waals surface area (Å²) in [5, 5.41) is 3.23. The van der Waals surface area contributed by atoms with Gasteiger partial charge in [0, 0.05) is 23.8 Å². The molecule has 19 heavy (non-hydrogen) atoms. The van der Waals surface area contributed by atoms with Crippen molar-refractivity contribution >= 4 is 11.6 Å². The van der Waals surface area contributed by atoms with Crippen molar-refractivity contribution < 1.29 is 17.9 Å². The highest BCUT2D eigenvalue weighted by molar-refractivity contribution is 6.30. The second-order valence-corrected chi connectivity index (χ2v) is 5.11. The Hall–Kier alpha value is -0.780. The van der Waals surface area contributed by atoms with Gasteiger partial charge in [-0.2, -0.15) is 13.2 Å². The molecule has 0 atom stereocenters. The van der Waals surface area contributed by atoms with E-state index in [-0.39, 0.29) is 0 Å². The van der Waals surface area contributed by atoms with Crippen LogP contribution in [-0.4, -0.2) is 25.9 Å². The minimum Gasteiger partial charge on any atom is -0.381 e. The molecule has 0 saturated carbocycles. The molecular weight excluding hydrogens is 279 g/mol. The third-order valence-corrected chi connectivity index (χ3v) is 3.62. The van der Waals surface area contributed by atoms with Crippen LogP contribution < -0.4 is 5.32 Å². The maximum absolute atomic E-state index is 12.4. The average molecular weight is 294 g/mol. The number of hydrogen-bond donors (Lipinski definition) is 1. The number of nitrogens with one attached hydrogen (secondary N) is 1. The number of halogens is 4. The lowest BCUT2D eigenvalue weighted by atomic mass is 9.82. The second kappa shape index (κ2) is 5.69. The Kier molecular flexibility index (Phi) is 4.38. The van der Waals surface area contributed by atoms with E-state index in [1.165, 1.54) is 0 Å². The lowest BCUT2D eigenvalue weighted by Gasteiger charge is -2.39. The fourth-order valence-corrected chi connectivity index (χ4v) is 2.45. The van der Waals surface area contributed by atoms with Crippen molar-refractivity contribution in [2.75, 3.05) is 19.8 Å². The summed E-state index contributed by atoms with van der Waals surface area (Å²) in [6.45, 7) is -0.101. The van der Waals surface area contributed by atoms with Gasteiger partial charge in [-0.05, 0) is 30.5 Å². The van der Waals surface area contributed by atoms with Gasteiger partial charge < -0.3 is 4.74 Å². The molecule has 1 aliphatic rings. The van der Waals surface area contributed by atoms with Crippen LogP contribution in [0.15, 0.2) is 24.3 Å². The zero-order chi connectivity index (χ0) is 13.9. The highest BCUT2D eigenvalue weighted by atomic mass is 35.5. The maximum atomic E-state index is 12.4. The summed E-state index contributed by atoms with van der Waals surface area (Å²) in [7, 11) is 0. The number of hydrogen-bond acceptors (Lipinski definition) is 2. The van der Waals surface area contributed by atoms with Gasteiger partial charge in [0.25, 0.3) is 0 Å². The van der Waals surface area contributed by atoms with Crippen LogP contribution in [0.5, 0.6) is 0 Å². The molecule has 1 fully saturated rings. The Morgan fingerprint density at radius 2 is 1.74 bits per heavy atom. The first kappa shape index (κ1) is 14.6. The Morgan fingerprint density at radius 1 is 1.16 bits per heavy atom. The van der Waals surface area contributed by atoms with Crippen LogP contribution in [-0.2, 0) is 10.3 Å². The normalized spacial score (nSPS) is 19.4. The topological polar surface area (TPSA) is 21.3 Å². The van der Waals surface area contributed by atoms with Crippen LogP contribution in [0.25, 0.3) is 0 Å². The highest BCUT2D eigenvalue weighted by Crippen LogP contribution is 2.33. The predicted molar refractivity (Wildman–Crippen MR) is 67.2 cm³/mol. The first-order chi connectivity index (χ1) is 8.91. The fourth-order valence-electron chi connectivity index (χ4n) is 2.33. The van der Waals surface area contributed by atoms with E-state index in [9.17, 15) is 13.2 Å². The second-order valence-electron chi connectivity index (χ2n) is 4.67. The summed E-state index contributed by atoms with van der Waals surface area (Å²) in [5.74, 6) is 0. The van der Waals surface area contributed by atoms with Crippen LogP contribution in [0.3, 0.4) is 0 Å². The van der Waals surface area contributed by atoms with Crippen molar-refractivity contribution in [1.29, 1.82) is 0 Å². The van der Waals surface area contributed by atoms with Crippen LogP contribution in [0.4, 0.5) is 13.2 Å². The first-order valence-electron chi connectivity index (χ1n) is 6.07. The van der Waals surface area contributed by atoms with Gasteiger partial charge in [0.1, 0.15) is 0 Å². The van der Waals surface area contributed by atoms with Gasteiger partial charge in [0.2, 0.25) is 0 Å².